The largest absolute Gasteiger partial charge is 0.494 e. The lowest BCUT2D eigenvalue weighted by molar-refractivity contribution is 0.0234. The van der Waals surface area contributed by atoms with E-state index in [1.54, 1.807) is 18.4 Å². The third-order valence-corrected chi connectivity index (χ3v) is 8.78. The molecule has 0 spiro atoms. The van der Waals surface area contributed by atoms with Crippen LogP contribution in [-0.4, -0.2) is 63.1 Å². The highest BCUT2D eigenvalue weighted by Crippen LogP contribution is 2.36. The quantitative estimate of drug-likeness (QED) is 0.352. The van der Waals surface area contributed by atoms with Gasteiger partial charge in [0.25, 0.3) is 0 Å². The van der Waals surface area contributed by atoms with E-state index >= 15 is 0 Å². The van der Waals surface area contributed by atoms with E-state index in [2.05, 4.69) is 9.88 Å². The van der Waals surface area contributed by atoms with Gasteiger partial charge in [0.05, 0.1) is 35.4 Å². The maximum Gasteiger partial charge on any atom is 0.338 e. The minimum atomic E-state index is -3.64. The van der Waals surface area contributed by atoms with Crippen LogP contribution >= 0.6 is 11.3 Å². The average Bonchev–Trinajstić information content (AvgIpc) is 3.23. The molecule has 0 radical (unpaired) electrons. The molecular formula is C26H33N3O5S2. The highest BCUT2D eigenvalue weighted by molar-refractivity contribution is 7.89. The van der Waals surface area contributed by atoms with Gasteiger partial charge in [0, 0.05) is 13.1 Å². The Hall–Kier alpha value is -2.69. The molecule has 0 bridgehead atoms. The highest BCUT2D eigenvalue weighted by atomic mass is 32.2. The minimum Gasteiger partial charge on any atom is -0.494 e. The number of esters is 1. The van der Waals surface area contributed by atoms with Crippen molar-refractivity contribution >= 4 is 42.7 Å². The van der Waals surface area contributed by atoms with Gasteiger partial charge >= 0.3 is 5.97 Å². The Morgan fingerprint density at radius 3 is 2.31 bits per heavy atom. The zero-order valence-corrected chi connectivity index (χ0v) is 22.9. The molecule has 4 rings (SSSR count). The summed E-state index contributed by atoms with van der Waals surface area (Å²) in [6, 6.07) is 11.8. The van der Waals surface area contributed by atoms with E-state index in [1.807, 2.05) is 45.9 Å². The fourth-order valence-corrected chi connectivity index (χ4v) is 6.87. The second kappa shape index (κ2) is 10.7. The van der Waals surface area contributed by atoms with Crippen molar-refractivity contribution in [2.24, 2.45) is 11.8 Å². The number of ether oxygens (including phenoxy) is 2. The molecule has 1 aliphatic heterocycles. The molecule has 2 aromatic carbocycles. The lowest BCUT2D eigenvalue weighted by atomic mass is 10.2. The van der Waals surface area contributed by atoms with Crippen LogP contribution in [0.2, 0.25) is 0 Å². The molecular weight excluding hydrogens is 498 g/mol. The Labute approximate surface area is 216 Å². The van der Waals surface area contributed by atoms with Gasteiger partial charge in [-0.3, -0.25) is 0 Å². The number of carbonyl (C=O) groups excluding carboxylic acids is 1. The predicted molar refractivity (Wildman–Crippen MR) is 142 cm³/mol. The summed E-state index contributed by atoms with van der Waals surface area (Å²) in [5.74, 6) is 0.690. The number of carbonyl (C=O) groups is 1. The van der Waals surface area contributed by atoms with Gasteiger partial charge in [-0.15, -0.1) is 0 Å². The number of sulfonamides is 1. The van der Waals surface area contributed by atoms with Crippen molar-refractivity contribution < 1.29 is 22.7 Å². The van der Waals surface area contributed by atoms with Crippen LogP contribution in [0, 0.1) is 11.8 Å². The van der Waals surface area contributed by atoms with E-state index in [0.717, 1.165) is 21.1 Å². The van der Waals surface area contributed by atoms with Crippen molar-refractivity contribution in [3.63, 3.8) is 0 Å². The summed E-state index contributed by atoms with van der Waals surface area (Å²) in [5, 5.41) is 0.865. The second-order valence-electron chi connectivity index (χ2n) is 9.87. The first-order valence-corrected chi connectivity index (χ1v) is 14.3. The summed E-state index contributed by atoms with van der Waals surface area (Å²) < 4.78 is 40.0. The van der Waals surface area contributed by atoms with Crippen LogP contribution in [0.25, 0.3) is 10.2 Å². The molecule has 194 valence electrons. The maximum atomic E-state index is 13.2. The summed E-state index contributed by atoms with van der Waals surface area (Å²) in [4.78, 5) is 19.6. The fraction of sp³-hybridized carbons (Fsp3) is 0.462. The molecule has 1 saturated heterocycles. The molecule has 1 aliphatic rings. The zero-order valence-electron chi connectivity index (χ0n) is 21.3. The molecule has 10 heteroatoms. The Balaban J connectivity index is 1.37. The van der Waals surface area contributed by atoms with Crippen molar-refractivity contribution in [2.75, 3.05) is 38.2 Å². The first-order valence-electron chi connectivity index (χ1n) is 12.1. The van der Waals surface area contributed by atoms with Crippen LogP contribution in [0.1, 0.15) is 38.1 Å². The summed E-state index contributed by atoms with van der Waals surface area (Å²) in [7, 11) is -2.02. The number of anilines is 1. The SMILES string of the molecule is COc1cccc2sc(N3CC(OC(=O)c4ccc(S(=O)(=O)N(CC(C)C)CC(C)C)cc4)C3)nc12. The predicted octanol–water partition coefficient (Wildman–Crippen LogP) is 4.65. The van der Waals surface area contributed by atoms with Gasteiger partial charge in [0.15, 0.2) is 5.13 Å². The first-order chi connectivity index (χ1) is 17.1. The zero-order chi connectivity index (χ0) is 26.0. The van der Waals surface area contributed by atoms with Crippen molar-refractivity contribution in [2.45, 2.75) is 38.7 Å². The van der Waals surface area contributed by atoms with Crippen LogP contribution in [0.15, 0.2) is 47.4 Å². The van der Waals surface area contributed by atoms with Crippen LogP contribution in [-0.2, 0) is 14.8 Å². The molecule has 0 saturated carbocycles. The number of methoxy groups -OCH3 is 1. The molecule has 0 N–H and O–H groups in total. The smallest absolute Gasteiger partial charge is 0.338 e. The second-order valence-corrected chi connectivity index (χ2v) is 12.8. The molecule has 0 unspecified atom stereocenters. The van der Waals surface area contributed by atoms with Crippen molar-refractivity contribution in [1.29, 1.82) is 0 Å². The van der Waals surface area contributed by atoms with E-state index in [4.69, 9.17) is 9.47 Å². The van der Waals surface area contributed by atoms with Gasteiger partial charge in [-0.05, 0) is 48.2 Å². The van der Waals surface area contributed by atoms with E-state index in [9.17, 15) is 13.2 Å². The number of fused-ring (bicyclic) bond motifs is 1. The van der Waals surface area contributed by atoms with Crippen molar-refractivity contribution in [3.8, 4) is 5.75 Å². The van der Waals surface area contributed by atoms with Gasteiger partial charge in [0.2, 0.25) is 10.0 Å². The molecule has 2 heterocycles. The number of para-hydroxylation sites is 1. The summed E-state index contributed by atoms with van der Waals surface area (Å²) in [6.45, 7) is 10.00. The van der Waals surface area contributed by atoms with E-state index in [-0.39, 0.29) is 22.8 Å². The molecule has 0 aliphatic carbocycles. The monoisotopic (exact) mass is 531 g/mol. The lowest BCUT2D eigenvalue weighted by Gasteiger charge is -2.38. The van der Waals surface area contributed by atoms with Gasteiger partial charge in [0.1, 0.15) is 17.4 Å². The van der Waals surface area contributed by atoms with Crippen LogP contribution in [0.5, 0.6) is 5.75 Å². The number of rotatable bonds is 10. The average molecular weight is 532 g/mol. The molecule has 1 fully saturated rings. The van der Waals surface area contributed by atoms with Crippen molar-refractivity contribution in [1.82, 2.24) is 9.29 Å². The summed E-state index contributed by atoms with van der Waals surface area (Å²) in [6.07, 6.45) is -0.248. The Bertz CT molecular complexity index is 1300. The Kier molecular flexibility index (Phi) is 7.87. The van der Waals surface area contributed by atoms with Gasteiger partial charge in [-0.1, -0.05) is 45.1 Å². The van der Waals surface area contributed by atoms with Gasteiger partial charge < -0.3 is 14.4 Å². The summed E-state index contributed by atoms with van der Waals surface area (Å²) in [5.41, 5.74) is 1.16. The minimum absolute atomic E-state index is 0.182. The van der Waals surface area contributed by atoms with E-state index in [1.165, 1.54) is 28.6 Å². The Morgan fingerprint density at radius 2 is 1.72 bits per heavy atom. The lowest BCUT2D eigenvalue weighted by Crippen LogP contribution is -2.53. The van der Waals surface area contributed by atoms with Gasteiger partial charge in [-0.25, -0.2) is 18.2 Å². The number of hydrogen-bond acceptors (Lipinski definition) is 8. The normalized spacial score (nSPS) is 14.6. The van der Waals surface area contributed by atoms with E-state index in [0.29, 0.717) is 31.7 Å². The first kappa shape index (κ1) is 26.4. The topological polar surface area (TPSA) is 89.0 Å². The number of hydrogen-bond donors (Lipinski definition) is 0. The number of nitrogens with zero attached hydrogens (tertiary/aromatic N) is 3. The number of benzene rings is 2. The molecule has 8 nitrogen and oxygen atoms in total. The molecule has 1 aromatic heterocycles. The third kappa shape index (κ3) is 5.66. The van der Waals surface area contributed by atoms with E-state index < -0.39 is 16.0 Å². The van der Waals surface area contributed by atoms with Crippen LogP contribution in [0.4, 0.5) is 5.13 Å². The Morgan fingerprint density at radius 1 is 1.08 bits per heavy atom. The number of thiazole rings is 1. The maximum absolute atomic E-state index is 13.2. The van der Waals surface area contributed by atoms with Crippen LogP contribution in [0.3, 0.4) is 0 Å². The summed E-state index contributed by atoms with van der Waals surface area (Å²) >= 11 is 1.57. The molecule has 0 amide bonds. The van der Waals surface area contributed by atoms with Gasteiger partial charge in [-0.2, -0.15) is 4.31 Å². The highest BCUT2D eigenvalue weighted by Gasteiger charge is 2.33. The molecule has 3 aromatic rings. The number of aromatic nitrogens is 1. The molecule has 36 heavy (non-hydrogen) atoms. The standard InChI is InChI=1S/C26H33N3O5S2/c1-17(2)13-29(14-18(3)4)36(31,32)21-11-9-19(10-12-21)25(30)34-20-15-28(16-20)26-27-24-22(33-5)7-6-8-23(24)35-26/h6-12,17-18,20H,13-16H2,1-5H3. The van der Waals surface area contributed by atoms with Crippen molar-refractivity contribution in [3.05, 3.63) is 48.0 Å². The molecule has 0 atom stereocenters. The fourth-order valence-electron chi connectivity index (χ4n) is 4.10. The van der Waals surface area contributed by atoms with Crippen LogP contribution < -0.4 is 9.64 Å². The third-order valence-electron chi connectivity index (χ3n) is 5.85.